The highest BCUT2D eigenvalue weighted by Crippen LogP contribution is 2.40. The molecule has 32 heavy (non-hydrogen) atoms. The van der Waals surface area contributed by atoms with Crippen LogP contribution in [0.3, 0.4) is 0 Å². The second-order valence-electron chi connectivity index (χ2n) is 8.49. The molecule has 1 heterocycles. The van der Waals surface area contributed by atoms with Crippen LogP contribution in [0.1, 0.15) is 29.5 Å². The van der Waals surface area contributed by atoms with E-state index in [2.05, 4.69) is 15.3 Å². The lowest BCUT2D eigenvalue weighted by Gasteiger charge is -2.23. The SMILES string of the molecule is CN(c1cc(C(F)(F)F)ccc1-c1cc(Nc2cccc3c2C[C@H](O)C3)ncn1)C1CC1. The van der Waals surface area contributed by atoms with Crippen molar-refractivity contribution in [1.29, 1.82) is 0 Å². The highest BCUT2D eigenvalue weighted by molar-refractivity contribution is 5.79. The number of benzene rings is 2. The quantitative estimate of drug-likeness (QED) is 0.587. The van der Waals surface area contributed by atoms with E-state index in [0.29, 0.717) is 35.6 Å². The van der Waals surface area contributed by atoms with Crippen LogP contribution in [-0.4, -0.2) is 34.3 Å². The number of alkyl halides is 3. The van der Waals surface area contributed by atoms with E-state index >= 15 is 0 Å². The Morgan fingerprint density at radius 1 is 1.06 bits per heavy atom. The van der Waals surface area contributed by atoms with Gasteiger partial charge in [0.25, 0.3) is 0 Å². The van der Waals surface area contributed by atoms with Gasteiger partial charge in [0.05, 0.1) is 17.4 Å². The fourth-order valence-electron chi connectivity index (χ4n) is 4.33. The van der Waals surface area contributed by atoms with E-state index in [4.69, 9.17) is 0 Å². The Kier molecular flexibility index (Phi) is 5.04. The van der Waals surface area contributed by atoms with E-state index in [1.54, 1.807) is 6.07 Å². The maximum Gasteiger partial charge on any atom is 0.416 e. The second kappa shape index (κ2) is 7.78. The highest BCUT2D eigenvalue weighted by atomic mass is 19.4. The molecule has 3 aromatic rings. The number of aliphatic hydroxyl groups excluding tert-OH is 1. The fraction of sp³-hybridized carbons (Fsp3) is 0.333. The molecule has 0 aliphatic heterocycles. The Hall–Kier alpha value is -3.13. The van der Waals surface area contributed by atoms with Crippen LogP contribution in [0.4, 0.5) is 30.4 Å². The second-order valence-corrected chi connectivity index (χ2v) is 8.49. The van der Waals surface area contributed by atoms with E-state index < -0.39 is 11.7 Å². The van der Waals surface area contributed by atoms with Gasteiger partial charge in [-0.2, -0.15) is 13.2 Å². The third kappa shape index (κ3) is 4.02. The van der Waals surface area contributed by atoms with Gasteiger partial charge in [-0.3, -0.25) is 0 Å². The van der Waals surface area contributed by atoms with Gasteiger partial charge in [-0.15, -0.1) is 0 Å². The van der Waals surface area contributed by atoms with Gasteiger partial charge in [0.15, 0.2) is 0 Å². The lowest BCUT2D eigenvalue weighted by molar-refractivity contribution is -0.137. The summed E-state index contributed by atoms with van der Waals surface area (Å²) in [6, 6.07) is 11.6. The molecule has 5 rings (SSSR count). The number of halogens is 3. The van der Waals surface area contributed by atoms with Gasteiger partial charge in [-0.1, -0.05) is 18.2 Å². The Labute approximate surface area is 183 Å². The topological polar surface area (TPSA) is 61.3 Å². The Balaban J connectivity index is 1.50. The van der Waals surface area contributed by atoms with Crippen molar-refractivity contribution in [2.45, 2.75) is 44.0 Å². The van der Waals surface area contributed by atoms with Crippen molar-refractivity contribution in [3.8, 4) is 11.3 Å². The van der Waals surface area contributed by atoms with Gasteiger partial charge in [-0.25, -0.2) is 9.97 Å². The molecular formula is C24H23F3N4O. The van der Waals surface area contributed by atoms with Gasteiger partial charge >= 0.3 is 6.18 Å². The summed E-state index contributed by atoms with van der Waals surface area (Å²) in [6.45, 7) is 0. The number of fused-ring (bicyclic) bond motifs is 1. The number of hydrogen-bond donors (Lipinski definition) is 2. The zero-order valence-corrected chi connectivity index (χ0v) is 17.5. The van der Waals surface area contributed by atoms with Crippen LogP contribution < -0.4 is 10.2 Å². The number of anilines is 3. The molecule has 0 unspecified atom stereocenters. The lowest BCUT2D eigenvalue weighted by atomic mass is 10.0. The highest BCUT2D eigenvalue weighted by Gasteiger charge is 2.34. The summed E-state index contributed by atoms with van der Waals surface area (Å²) >= 11 is 0. The van der Waals surface area contributed by atoms with Crippen LogP contribution in [0.15, 0.2) is 48.8 Å². The molecule has 1 fully saturated rings. The van der Waals surface area contributed by atoms with Crippen molar-refractivity contribution in [3.05, 3.63) is 65.5 Å². The summed E-state index contributed by atoms with van der Waals surface area (Å²) in [5.74, 6) is 0.546. The molecule has 0 spiro atoms. The number of hydrogen-bond acceptors (Lipinski definition) is 5. The van der Waals surface area contributed by atoms with Crippen LogP contribution in [-0.2, 0) is 19.0 Å². The first-order valence-electron chi connectivity index (χ1n) is 10.6. The number of nitrogens with zero attached hydrogens (tertiary/aromatic N) is 3. The minimum Gasteiger partial charge on any atom is -0.392 e. The molecule has 2 aliphatic carbocycles. The van der Waals surface area contributed by atoms with Crippen molar-refractivity contribution in [3.63, 3.8) is 0 Å². The molecule has 2 aliphatic rings. The Bertz CT molecular complexity index is 1160. The summed E-state index contributed by atoms with van der Waals surface area (Å²) in [7, 11) is 1.83. The predicted molar refractivity (Wildman–Crippen MR) is 117 cm³/mol. The minimum atomic E-state index is -4.41. The molecular weight excluding hydrogens is 417 g/mol. The van der Waals surface area contributed by atoms with E-state index in [1.165, 1.54) is 18.5 Å². The third-order valence-electron chi connectivity index (χ3n) is 6.17. The molecule has 0 bridgehead atoms. The molecule has 1 atom stereocenters. The van der Waals surface area contributed by atoms with E-state index in [-0.39, 0.29) is 12.1 Å². The average Bonchev–Trinajstić information content (AvgIpc) is 3.53. The fourth-order valence-corrected chi connectivity index (χ4v) is 4.33. The van der Waals surface area contributed by atoms with Gasteiger partial charge in [0, 0.05) is 42.5 Å². The van der Waals surface area contributed by atoms with E-state index in [0.717, 1.165) is 35.7 Å². The van der Waals surface area contributed by atoms with E-state index in [1.807, 2.05) is 30.1 Å². The van der Waals surface area contributed by atoms with Crippen LogP contribution >= 0.6 is 0 Å². The maximum absolute atomic E-state index is 13.4. The molecule has 0 radical (unpaired) electrons. The van der Waals surface area contributed by atoms with Crippen molar-refractivity contribution in [2.24, 2.45) is 0 Å². The van der Waals surface area contributed by atoms with Crippen molar-refractivity contribution >= 4 is 17.2 Å². The summed E-state index contributed by atoms with van der Waals surface area (Å²) in [5.41, 5.74) is 4.05. The van der Waals surface area contributed by atoms with Gasteiger partial charge in [0.2, 0.25) is 0 Å². The van der Waals surface area contributed by atoms with Crippen molar-refractivity contribution in [1.82, 2.24) is 9.97 Å². The van der Waals surface area contributed by atoms with E-state index in [9.17, 15) is 18.3 Å². The average molecular weight is 440 g/mol. The summed E-state index contributed by atoms with van der Waals surface area (Å²) < 4.78 is 40.1. The standard InChI is InChI=1S/C24H23F3N4O/c1-31(16-6-7-16)22-10-15(24(25,26)27)5-8-18(22)21-12-23(29-13-28-21)30-20-4-2-3-14-9-17(32)11-19(14)20/h2-5,8,10,12-13,16-17,32H,6-7,9,11H2,1H3,(H,28,29,30)/t17-/m1/s1. The molecule has 0 saturated heterocycles. The van der Waals surface area contributed by atoms with Crippen LogP contribution in [0.25, 0.3) is 11.3 Å². The number of rotatable bonds is 5. The smallest absolute Gasteiger partial charge is 0.392 e. The molecule has 166 valence electrons. The maximum atomic E-state index is 13.4. The minimum absolute atomic E-state index is 0.245. The van der Waals surface area contributed by atoms with Crippen molar-refractivity contribution < 1.29 is 18.3 Å². The molecule has 2 aromatic carbocycles. The summed E-state index contributed by atoms with van der Waals surface area (Å²) in [6.07, 6.45) is -0.251. The monoisotopic (exact) mass is 440 g/mol. The first-order valence-corrected chi connectivity index (χ1v) is 10.6. The Morgan fingerprint density at radius 3 is 2.62 bits per heavy atom. The molecule has 1 aromatic heterocycles. The van der Waals surface area contributed by atoms with Gasteiger partial charge in [-0.05, 0) is 48.6 Å². The zero-order chi connectivity index (χ0) is 22.5. The number of aromatic nitrogens is 2. The largest absolute Gasteiger partial charge is 0.416 e. The third-order valence-corrected chi connectivity index (χ3v) is 6.17. The lowest BCUT2D eigenvalue weighted by Crippen LogP contribution is -2.21. The Morgan fingerprint density at radius 2 is 1.88 bits per heavy atom. The van der Waals surface area contributed by atoms with Crippen LogP contribution in [0, 0.1) is 0 Å². The normalized spacial score (nSPS) is 17.8. The molecule has 2 N–H and O–H groups in total. The number of nitrogens with one attached hydrogen (secondary N) is 1. The summed E-state index contributed by atoms with van der Waals surface area (Å²) in [4.78, 5) is 10.6. The van der Waals surface area contributed by atoms with Gasteiger partial charge in [0.1, 0.15) is 12.1 Å². The molecule has 5 nitrogen and oxygen atoms in total. The first-order chi connectivity index (χ1) is 15.3. The van der Waals surface area contributed by atoms with Crippen LogP contribution in [0.2, 0.25) is 0 Å². The van der Waals surface area contributed by atoms with Crippen molar-refractivity contribution in [2.75, 3.05) is 17.3 Å². The molecule has 0 amide bonds. The zero-order valence-electron chi connectivity index (χ0n) is 17.5. The molecule has 1 saturated carbocycles. The number of aliphatic hydroxyl groups is 1. The predicted octanol–water partition coefficient (Wildman–Crippen LogP) is 4.96. The summed E-state index contributed by atoms with van der Waals surface area (Å²) in [5, 5.41) is 13.3. The van der Waals surface area contributed by atoms with Gasteiger partial charge < -0.3 is 15.3 Å². The first kappa shape index (κ1) is 20.8. The van der Waals surface area contributed by atoms with Crippen LogP contribution in [0.5, 0.6) is 0 Å². The molecule has 8 heteroatoms.